The van der Waals surface area contributed by atoms with Gasteiger partial charge in [-0.3, -0.25) is 0 Å². The smallest absolute Gasteiger partial charge is 0.354 e. The van der Waals surface area contributed by atoms with Crippen molar-refractivity contribution in [1.82, 2.24) is 10.3 Å². The summed E-state index contributed by atoms with van der Waals surface area (Å²) in [5.74, 6) is -0.390. The van der Waals surface area contributed by atoms with Crippen molar-refractivity contribution in [2.75, 3.05) is 30.8 Å². The van der Waals surface area contributed by atoms with Crippen LogP contribution in [0.15, 0.2) is 24.3 Å². The molecule has 0 unspecified atom stereocenters. The number of fused-ring (bicyclic) bond motifs is 1. The molecule has 6 heteroatoms. The first-order valence-corrected chi connectivity index (χ1v) is 7.90. The van der Waals surface area contributed by atoms with E-state index in [4.69, 9.17) is 5.73 Å². The van der Waals surface area contributed by atoms with Crippen molar-refractivity contribution in [3.63, 3.8) is 0 Å². The van der Waals surface area contributed by atoms with Gasteiger partial charge in [-0.1, -0.05) is 0 Å². The highest BCUT2D eigenvalue weighted by molar-refractivity contribution is 5.98. The largest absolute Gasteiger partial charge is 0.477 e. The van der Waals surface area contributed by atoms with E-state index in [1.54, 1.807) is 12.1 Å². The summed E-state index contributed by atoms with van der Waals surface area (Å²) in [7, 11) is 2.03. The Balaban J connectivity index is 1.70. The second-order valence-electron chi connectivity index (χ2n) is 6.62. The van der Waals surface area contributed by atoms with Crippen molar-refractivity contribution in [3.8, 4) is 0 Å². The highest BCUT2D eigenvalue weighted by Crippen LogP contribution is 2.47. The van der Waals surface area contributed by atoms with Crippen LogP contribution in [0.1, 0.15) is 23.3 Å². The van der Waals surface area contributed by atoms with Crippen LogP contribution in [-0.2, 0) is 0 Å². The number of benzene rings is 1. The number of carboxylic acid groups (broad SMARTS) is 1. The predicted molar refractivity (Wildman–Crippen MR) is 89.8 cm³/mol. The highest BCUT2D eigenvalue weighted by Gasteiger charge is 2.52. The van der Waals surface area contributed by atoms with Crippen LogP contribution in [0, 0.1) is 5.92 Å². The Hall–Kier alpha value is -2.34. The van der Waals surface area contributed by atoms with E-state index in [1.807, 2.05) is 19.2 Å². The molecule has 2 fully saturated rings. The minimum absolute atomic E-state index is 0.0660. The van der Waals surface area contributed by atoms with E-state index in [0.29, 0.717) is 22.7 Å². The lowest BCUT2D eigenvalue weighted by molar-refractivity contribution is 0.0691. The van der Waals surface area contributed by atoms with Crippen molar-refractivity contribution in [2.45, 2.75) is 18.4 Å². The third kappa shape index (κ3) is 2.21. The number of carbonyl (C=O) groups is 1. The molecular formula is C17H20N4O2. The van der Waals surface area contributed by atoms with Gasteiger partial charge in [-0.2, -0.15) is 0 Å². The molecular weight excluding hydrogens is 292 g/mol. The normalized spacial score (nSPS) is 19.6. The molecule has 1 saturated carbocycles. The average Bonchev–Trinajstić information content (AvgIpc) is 3.25. The molecule has 4 rings (SSSR count). The molecule has 2 aliphatic rings. The van der Waals surface area contributed by atoms with Crippen molar-refractivity contribution >= 4 is 28.2 Å². The van der Waals surface area contributed by atoms with E-state index >= 15 is 0 Å². The molecule has 2 heterocycles. The number of nitrogen functional groups attached to an aromatic ring is 1. The second-order valence-corrected chi connectivity index (χ2v) is 6.62. The van der Waals surface area contributed by atoms with E-state index in [1.165, 1.54) is 12.8 Å². The Morgan fingerprint density at radius 1 is 1.39 bits per heavy atom. The number of aromatic nitrogens is 1. The number of nitrogens with zero attached hydrogens (tertiary/aromatic N) is 2. The first-order valence-electron chi connectivity index (χ1n) is 7.90. The fraction of sp³-hybridized carbons (Fsp3) is 0.412. The molecule has 1 aliphatic carbocycles. The number of aromatic carboxylic acids is 1. The van der Waals surface area contributed by atoms with Gasteiger partial charge in [-0.15, -0.1) is 0 Å². The SMILES string of the molecule is CNC1(C2CN(c3cc(C(=O)O)nc4cc(N)ccc34)C2)CC1. The summed E-state index contributed by atoms with van der Waals surface area (Å²) in [6.07, 6.45) is 2.46. The Morgan fingerprint density at radius 3 is 2.74 bits per heavy atom. The van der Waals surface area contributed by atoms with Gasteiger partial charge in [0, 0.05) is 41.3 Å². The number of hydrogen-bond donors (Lipinski definition) is 3. The fourth-order valence-electron chi connectivity index (χ4n) is 3.62. The van der Waals surface area contributed by atoms with Crippen molar-refractivity contribution in [3.05, 3.63) is 30.0 Å². The van der Waals surface area contributed by atoms with Gasteiger partial charge in [0.25, 0.3) is 0 Å². The fourth-order valence-corrected chi connectivity index (χ4v) is 3.62. The first kappa shape index (κ1) is 14.3. The molecule has 0 atom stereocenters. The maximum Gasteiger partial charge on any atom is 0.354 e. The van der Waals surface area contributed by atoms with Gasteiger partial charge in [0.1, 0.15) is 0 Å². The summed E-state index contributed by atoms with van der Waals surface area (Å²) in [6, 6.07) is 7.17. The van der Waals surface area contributed by atoms with Gasteiger partial charge in [-0.05, 0) is 44.2 Å². The van der Waals surface area contributed by atoms with Crippen LogP contribution in [-0.4, -0.2) is 41.7 Å². The van der Waals surface area contributed by atoms with Crippen molar-refractivity contribution in [1.29, 1.82) is 0 Å². The maximum absolute atomic E-state index is 11.4. The minimum atomic E-state index is -1.01. The van der Waals surface area contributed by atoms with Crippen LogP contribution in [0.5, 0.6) is 0 Å². The number of nitrogens with one attached hydrogen (secondary N) is 1. The van der Waals surface area contributed by atoms with Crippen LogP contribution < -0.4 is 16.0 Å². The average molecular weight is 312 g/mol. The van der Waals surface area contributed by atoms with Crippen LogP contribution in [0.4, 0.5) is 11.4 Å². The second kappa shape index (κ2) is 4.83. The molecule has 4 N–H and O–H groups in total. The summed E-state index contributed by atoms with van der Waals surface area (Å²) in [6.45, 7) is 1.90. The molecule has 1 aromatic carbocycles. The van der Waals surface area contributed by atoms with Crippen LogP contribution in [0.2, 0.25) is 0 Å². The molecule has 0 bridgehead atoms. The standard InChI is InChI=1S/C17H20N4O2/c1-19-17(4-5-17)10-8-21(9-10)15-7-14(16(22)23)20-13-6-11(18)2-3-12(13)15/h2-3,6-7,10,19H,4-5,8-9,18H2,1H3,(H,22,23). The van der Waals surface area contributed by atoms with E-state index in [2.05, 4.69) is 15.2 Å². The summed E-state index contributed by atoms with van der Waals surface area (Å²) in [5, 5.41) is 13.7. The topological polar surface area (TPSA) is 91.5 Å². The Morgan fingerprint density at radius 2 is 2.13 bits per heavy atom. The van der Waals surface area contributed by atoms with E-state index in [-0.39, 0.29) is 5.69 Å². The predicted octanol–water partition coefficient (Wildman–Crippen LogP) is 1.70. The van der Waals surface area contributed by atoms with Crippen LogP contribution in [0.3, 0.4) is 0 Å². The molecule has 2 aromatic rings. The third-order valence-electron chi connectivity index (χ3n) is 5.32. The van der Waals surface area contributed by atoms with Gasteiger partial charge in [0.05, 0.1) is 5.52 Å². The van der Waals surface area contributed by atoms with E-state index in [9.17, 15) is 9.90 Å². The molecule has 23 heavy (non-hydrogen) atoms. The number of nitrogens with two attached hydrogens (primary N) is 1. The Labute approximate surface area is 134 Å². The summed E-state index contributed by atoms with van der Waals surface area (Å²) in [5.41, 5.74) is 8.36. The van der Waals surface area contributed by atoms with Crippen molar-refractivity contribution in [2.24, 2.45) is 5.92 Å². The lowest BCUT2D eigenvalue weighted by Gasteiger charge is -2.45. The maximum atomic E-state index is 11.4. The zero-order chi connectivity index (χ0) is 16.2. The number of carboxylic acids is 1. The molecule has 1 aromatic heterocycles. The van der Waals surface area contributed by atoms with Crippen LogP contribution in [0.25, 0.3) is 10.9 Å². The van der Waals surface area contributed by atoms with Gasteiger partial charge < -0.3 is 21.1 Å². The summed E-state index contributed by atoms with van der Waals surface area (Å²) in [4.78, 5) is 17.8. The lowest BCUT2D eigenvalue weighted by atomic mass is 9.88. The Bertz CT molecular complexity index is 795. The lowest BCUT2D eigenvalue weighted by Crippen LogP contribution is -2.56. The van der Waals surface area contributed by atoms with E-state index < -0.39 is 5.97 Å². The molecule has 0 amide bonds. The molecule has 6 nitrogen and oxygen atoms in total. The molecule has 0 radical (unpaired) electrons. The molecule has 120 valence electrons. The monoisotopic (exact) mass is 312 g/mol. The Kier molecular flexibility index (Phi) is 2.99. The quantitative estimate of drug-likeness (QED) is 0.744. The molecule has 1 saturated heterocycles. The first-order chi connectivity index (χ1) is 11.0. The zero-order valence-electron chi connectivity index (χ0n) is 13.0. The minimum Gasteiger partial charge on any atom is -0.477 e. The summed E-state index contributed by atoms with van der Waals surface area (Å²) >= 11 is 0. The van der Waals surface area contributed by atoms with Crippen molar-refractivity contribution < 1.29 is 9.90 Å². The number of rotatable bonds is 4. The summed E-state index contributed by atoms with van der Waals surface area (Å²) < 4.78 is 0. The van der Waals surface area contributed by atoms with Crippen LogP contribution >= 0.6 is 0 Å². The van der Waals surface area contributed by atoms with E-state index in [0.717, 1.165) is 24.2 Å². The molecule has 0 spiro atoms. The van der Waals surface area contributed by atoms with Gasteiger partial charge >= 0.3 is 5.97 Å². The van der Waals surface area contributed by atoms with Gasteiger partial charge in [-0.25, -0.2) is 9.78 Å². The van der Waals surface area contributed by atoms with Gasteiger partial charge in [0.15, 0.2) is 5.69 Å². The number of hydrogen-bond acceptors (Lipinski definition) is 5. The zero-order valence-corrected chi connectivity index (χ0v) is 13.0. The van der Waals surface area contributed by atoms with Gasteiger partial charge in [0.2, 0.25) is 0 Å². The number of anilines is 2. The molecule has 1 aliphatic heterocycles. The third-order valence-corrected chi connectivity index (χ3v) is 5.32. The number of pyridine rings is 1. The highest BCUT2D eigenvalue weighted by atomic mass is 16.4.